The van der Waals surface area contributed by atoms with Gasteiger partial charge in [-0.1, -0.05) is 19.1 Å². The standard InChI is InChI=1S/C23H28FN5/c1-2-10-27-11-13-28(14-12-27)23-19-8-3-4-9-20(19)25-22-16-21(26-29(22)23)17-6-5-7-18(24)15-17/h5-7,15-16H,2-4,8-14H2,1H3/p+1. The lowest BCUT2D eigenvalue weighted by atomic mass is 9.96. The van der Waals surface area contributed by atoms with Crippen LogP contribution >= 0.6 is 0 Å². The topological polar surface area (TPSA) is 37.9 Å². The molecule has 1 aliphatic carbocycles. The van der Waals surface area contributed by atoms with Crippen molar-refractivity contribution in [2.45, 2.75) is 39.0 Å². The minimum Gasteiger partial charge on any atom is -0.345 e. The van der Waals surface area contributed by atoms with Crippen LogP contribution in [-0.2, 0) is 12.8 Å². The van der Waals surface area contributed by atoms with Crippen molar-refractivity contribution in [2.75, 3.05) is 37.6 Å². The average Bonchev–Trinajstić information content (AvgIpc) is 3.17. The van der Waals surface area contributed by atoms with Gasteiger partial charge in [-0.25, -0.2) is 9.37 Å². The van der Waals surface area contributed by atoms with Gasteiger partial charge in [-0.3, -0.25) is 0 Å². The maximum absolute atomic E-state index is 13.8. The predicted molar refractivity (Wildman–Crippen MR) is 113 cm³/mol. The Morgan fingerprint density at radius 1 is 1.10 bits per heavy atom. The highest BCUT2D eigenvalue weighted by Gasteiger charge is 2.27. The summed E-state index contributed by atoms with van der Waals surface area (Å²) >= 11 is 0. The Morgan fingerprint density at radius 2 is 1.93 bits per heavy atom. The maximum Gasteiger partial charge on any atom is 0.158 e. The molecule has 3 aromatic rings. The third kappa shape index (κ3) is 3.50. The van der Waals surface area contributed by atoms with Crippen LogP contribution in [0.3, 0.4) is 0 Å². The Morgan fingerprint density at radius 3 is 2.72 bits per heavy atom. The van der Waals surface area contributed by atoms with Crippen LogP contribution in [0, 0.1) is 5.82 Å². The molecule has 2 aromatic heterocycles. The number of quaternary nitrogens is 1. The van der Waals surface area contributed by atoms with Crippen LogP contribution in [0.5, 0.6) is 0 Å². The number of anilines is 1. The van der Waals surface area contributed by atoms with E-state index >= 15 is 0 Å². The molecule has 0 unspecified atom stereocenters. The summed E-state index contributed by atoms with van der Waals surface area (Å²) in [6.07, 6.45) is 5.77. The zero-order valence-corrected chi connectivity index (χ0v) is 17.1. The summed E-state index contributed by atoms with van der Waals surface area (Å²) in [4.78, 5) is 9.17. The van der Waals surface area contributed by atoms with E-state index < -0.39 is 0 Å². The first-order chi connectivity index (χ1) is 14.2. The molecule has 0 atom stereocenters. The van der Waals surface area contributed by atoms with Crippen LogP contribution in [0.1, 0.15) is 37.4 Å². The Kier molecular flexibility index (Phi) is 4.96. The molecule has 1 fully saturated rings. The Labute approximate surface area is 171 Å². The Bertz CT molecular complexity index is 1020. The van der Waals surface area contributed by atoms with Gasteiger partial charge in [0.2, 0.25) is 0 Å². The quantitative estimate of drug-likeness (QED) is 0.739. The minimum absolute atomic E-state index is 0.234. The van der Waals surface area contributed by atoms with E-state index in [-0.39, 0.29) is 5.82 Å². The van der Waals surface area contributed by atoms with Crippen molar-refractivity contribution in [3.8, 4) is 11.3 Å². The van der Waals surface area contributed by atoms with Crippen LogP contribution in [0.25, 0.3) is 16.9 Å². The molecule has 0 bridgehead atoms. The van der Waals surface area contributed by atoms with E-state index in [1.54, 1.807) is 17.0 Å². The first-order valence-corrected chi connectivity index (χ1v) is 11.0. The zero-order valence-electron chi connectivity index (χ0n) is 17.1. The average molecular weight is 395 g/mol. The summed E-state index contributed by atoms with van der Waals surface area (Å²) in [5.41, 5.74) is 5.07. The molecule has 6 heteroatoms. The molecule has 0 spiro atoms. The summed E-state index contributed by atoms with van der Waals surface area (Å²) in [5, 5.41) is 4.90. The van der Waals surface area contributed by atoms with Gasteiger partial charge in [0.1, 0.15) is 11.6 Å². The fourth-order valence-corrected chi connectivity index (χ4v) is 4.88. The molecule has 5 rings (SSSR count). The molecule has 0 amide bonds. The lowest BCUT2D eigenvalue weighted by molar-refractivity contribution is -0.900. The van der Waals surface area contributed by atoms with Gasteiger partial charge in [0, 0.05) is 22.9 Å². The molecular weight excluding hydrogens is 365 g/mol. The second kappa shape index (κ2) is 7.75. The largest absolute Gasteiger partial charge is 0.345 e. The molecule has 3 heterocycles. The minimum atomic E-state index is -0.234. The Hall–Kier alpha value is -2.47. The summed E-state index contributed by atoms with van der Waals surface area (Å²) < 4.78 is 15.8. The van der Waals surface area contributed by atoms with Crippen LogP contribution < -0.4 is 9.80 Å². The molecule has 2 aliphatic rings. The molecule has 5 nitrogen and oxygen atoms in total. The van der Waals surface area contributed by atoms with Crippen molar-refractivity contribution in [1.82, 2.24) is 14.6 Å². The van der Waals surface area contributed by atoms with E-state index in [4.69, 9.17) is 10.1 Å². The molecule has 152 valence electrons. The third-order valence-electron chi connectivity index (χ3n) is 6.34. The first kappa shape index (κ1) is 18.6. The summed E-state index contributed by atoms with van der Waals surface area (Å²) in [6.45, 7) is 7.96. The van der Waals surface area contributed by atoms with Crippen molar-refractivity contribution in [2.24, 2.45) is 0 Å². The van der Waals surface area contributed by atoms with E-state index in [1.807, 2.05) is 16.6 Å². The summed E-state index contributed by atoms with van der Waals surface area (Å²) in [7, 11) is 0. The number of hydrogen-bond acceptors (Lipinski definition) is 3. The number of halogens is 1. The molecular formula is C23H29FN5+. The van der Waals surface area contributed by atoms with Crippen LogP contribution in [0.15, 0.2) is 30.3 Å². The molecule has 29 heavy (non-hydrogen) atoms. The lowest BCUT2D eigenvalue weighted by Crippen LogP contribution is -3.14. The van der Waals surface area contributed by atoms with Gasteiger partial charge < -0.3 is 9.80 Å². The van der Waals surface area contributed by atoms with Gasteiger partial charge in [0.05, 0.1) is 38.4 Å². The van der Waals surface area contributed by atoms with E-state index in [1.165, 1.54) is 62.0 Å². The second-order valence-electron chi connectivity index (χ2n) is 8.36. The number of nitrogens with zero attached hydrogens (tertiary/aromatic N) is 4. The number of aromatic nitrogens is 3. The van der Waals surface area contributed by atoms with Crippen molar-refractivity contribution in [3.05, 3.63) is 47.4 Å². The highest BCUT2D eigenvalue weighted by Crippen LogP contribution is 2.32. The van der Waals surface area contributed by atoms with Crippen LogP contribution in [0.4, 0.5) is 10.2 Å². The predicted octanol–water partition coefficient (Wildman–Crippen LogP) is 2.53. The number of rotatable bonds is 4. The molecule has 1 aliphatic heterocycles. The number of hydrogen-bond donors (Lipinski definition) is 1. The van der Waals surface area contributed by atoms with Gasteiger partial charge in [-0.2, -0.15) is 9.61 Å². The monoisotopic (exact) mass is 394 g/mol. The highest BCUT2D eigenvalue weighted by atomic mass is 19.1. The highest BCUT2D eigenvalue weighted by molar-refractivity contribution is 5.67. The number of aryl methyl sites for hydroxylation is 1. The van der Waals surface area contributed by atoms with Gasteiger partial charge in [-0.05, 0) is 44.2 Å². The van der Waals surface area contributed by atoms with E-state index in [9.17, 15) is 4.39 Å². The smallest absolute Gasteiger partial charge is 0.158 e. The number of nitrogens with one attached hydrogen (secondary N) is 1. The van der Waals surface area contributed by atoms with Crippen molar-refractivity contribution < 1.29 is 9.29 Å². The van der Waals surface area contributed by atoms with E-state index in [2.05, 4.69) is 11.8 Å². The maximum atomic E-state index is 13.8. The van der Waals surface area contributed by atoms with Gasteiger partial charge >= 0.3 is 0 Å². The Balaban J connectivity index is 1.59. The lowest BCUT2D eigenvalue weighted by Gasteiger charge is -2.35. The fourth-order valence-electron chi connectivity index (χ4n) is 4.88. The molecule has 1 aromatic carbocycles. The van der Waals surface area contributed by atoms with Gasteiger partial charge in [-0.15, -0.1) is 0 Å². The number of piperazine rings is 1. The number of fused-ring (bicyclic) bond motifs is 2. The third-order valence-corrected chi connectivity index (χ3v) is 6.34. The van der Waals surface area contributed by atoms with Crippen molar-refractivity contribution >= 4 is 11.5 Å². The summed E-state index contributed by atoms with van der Waals surface area (Å²) in [6, 6.07) is 8.68. The van der Waals surface area contributed by atoms with Gasteiger partial charge in [0.25, 0.3) is 0 Å². The molecule has 0 saturated carbocycles. The SMILES string of the molecule is CCC[NH+]1CCN(c2c3c(nc4cc(-c5cccc(F)c5)nn24)CCCC3)CC1. The van der Waals surface area contributed by atoms with Crippen molar-refractivity contribution in [3.63, 3.8) is 0 Å². The summed E-state index contributed by atoms with van der Waals surface area (Å²) in [5.74, 6) is 0.991. The normalized spacial score (nSPS) is 17.7. The van der Waals surface area contributed by atoms with Crippen molar-refractivity contribution in [1.29, 1.82) is 0 Å². The fraction of sp³-hybridized carbons (Fsp3) is 0.478. The second-order valence-corrected chi connectivity index (χ2v) is 8.36. The van der Waals surface area contributed by atoms with Gasteiger partial charge in [0.15, 0.2) is 5.65 Å². The zero-order chi connectivity index (χ0) is 19.8. The molecule has 1 N–H and O–H groups in total. The van der Waals surface area contributed by atoms with E-state index in [0.717, 1.165) is 42.8 Å². The van der Waals surface area contributed by atoms with E-state index in [0.29, 0.717) is 0 Å². The molecule has 0 radical (unpaired) electrons. The van der Waals surface area contributed by atoms with Crippen LogP contribution in [-0.4, -0.2) is 47.3 Å². The number of benzene rings is 1. The molecule has 1 saturated heterocycles. The first-order valence-electron chi connectivity index (χ1n) is 11.0. The van der Waals surface area contributed by atoms with Crippen LogP contribution in [0.2, 0.25) is 0 Å².